The number of aliphatic imine (C=N–C) groups is 1. The second kappa shape index (κ2) is 6.92. The molecule has 1 aliphatic carbocycles. The van der Waals surface area contributed by atoms with Gasteiger partial charge in [0.15, 0.2) is 9.84 Å². The van der Waals surface area contributed by atoms with E-state index in [0.717, 1.165) is 0 Å². The van der Waals surface area contributed by atoms with Crippen LogP contribution in [0, 0.1) is 11.8 Å². The molecule has 0 spiro atoms. The van der Waals surface area contributed by atoms with E-state index in [1.165, 1.54) is 19.1 Å². The summed E-state index contributed by atoms with van der Waals surface area (Å²) < 4.78 is 45.3. The number of carbonyl (C=O) groups excluding carboxylic acids is 1. The molecule has 0 radical (unpaired) electrons. The van der Waals surface area contributed by atoms with Gasteiger partial charge >= 0.3 is 6.09 Å². The molecule has 1 aliphatic heterocycles. The largest absolute Gasteiger partial charge is 0.442 e. The first-order valence-electron chi connectivity index (χ1n) is 8.80. The van der Waals surface area contributed by atoms with Crippen molar-refractivity contribution in [2.45, 2.75) is 57.9 Å². The summed E-state index contributed by atoms with van der Waals surface area (Å²) in [4.78, 5) is 15.9. The summed E-state index contributed by atoms with van der Waals surface area (Å²) in [7, 11) is -3.68. The number of allylic oxidation sites excluding steroid dienone is 3. The number of hydrogen-bond donors (Lipinski definition) is 2. The normalized spacial score (nSPS) is 35.1. The zero-order chi connectivity index (χ0) is 20.8. The molecule has 1 heterocycles. The van der Waals surface area contributed by atoms with Gasteiger partial charge in [-0.05, 0) is 46.8 Å². The quantitative estimate of drug-likeness (QED) is 0.698. The minimum Gasteiger partial charge on any atom is -0.442 e. The van der Waals surface area contributed by atoms with E-state index >= 15 is 0 Å². The van der Waals surface area contributed by atoms with E-state index < -0.39 is 50.0 Å². The second-order valence-electron chi connectivity index (χ2n) is 8.45. The summed E-state index contributed by atoms with van der Waals surface area (Å²) in [6.07, 6.45) is 1.83. The smallest absolute Gasteiger partial charge is 0.435 e. The highest BCUT2D eigenvalue weighted by atomic mass is 32.2. The molecule has 0 bridgehead atoms. The van der Waals surface area contributed by atoms with Crippen LogP contribution in [0.25, 0.3) is 0 Å². The molecule has 0 aromatic heterocycles. The molecule has 1 amide bonds. The Kier molecular flexibility index (Phi) is 5.49. The number of halogens is 1. The molecule has 2 aliphatic rings. The lowest BCUT2D eigenvalue weighted by molar-refractivity contribution is 0.0603. The van der Waals surface area contributed by atoms with E-state index in [1.807, 2.05) is 0 Å². The number of hydrogen-bond acceptors (Lipinski definition) is 5. The molecule has 2 unspecified atom stereocenters. The number of nitrogens with two attached hydrogens (primary N) is 1. The zero-order valence-corrected chi connectivity index (χ0v) is 17.4. The number of nitrogens with one attached hydrogen (secondary N) is 1. The fourth-order valence-corrected chi connectivity index (χ4v) is 5.32. The van der Waals surface area contributed by atoms with Crippen molar-refractivity contribution in [3.05, 3.63) is 23.7 Å². The highest BCUT2D eigenvalue weighted by Gasteiger charge is 2.51. The summed E-state index contributed by atoms with van der Waals surface area (Å²) in [5, 5.41) is 1.98. The average Bonchev–Trinajstić information content (AvgIpc) is 2.46. The summed E-state index contributed by atoms with van der Waals surface area (Å²) in [5.74, 6) is -2.05. The molecule has 0 aromatic rings. The van der Waals surface area contributed by atoms with Crippen LogP contribution in [-0.4, -0.2) is 42.5 Å². The molecule has 27 heavy (non-hydrogen) atoms. The van der Waals surface area contributed by atoms with E-state index in [4.69, 9.17) is 10.5 Å². The first-order chi connectivity index (χ1) is 12.2. The monoisotopic (exact) mass is 401 g/mol. The van der Waals surface area contributed by atoms with Crippen molar-refractivity contribution in [1.29, 1.82) is 0 Å². The average molecular weight is 402 g/mol. The van der Waals surface area contributed by atoms with Crippen LogP contribution in [0.5, 0.6) is 0 Å². The van der Waals surface area contributed by atoms with Crippen LogP contribution < -0.4 is 11.1 Å². The van der Waals surface area contributed by atoms with Crippen LogP contribution in [0.3, 0.4) is 0 Å². The number of carbonyl (C=O) groups is 1. The Hall–Kier alpha value is -1.90. The van der Waals surface area contributed by atoms with E-state index in [9.17, 15) is 17.6 Å². The molecule has 2 rings (SSSR count). The molecule has 0 saturated carbocycles. The van der Waals surface area contributed by atoms with Gasteiger partial charge in [-0.2, -0.15) is 4.99 Å². The Morgan fingerprint density at radius 3 is 2.52 bits per heavy atom. The third kappa shape index (κ3) is 4.51. The number of amides is 1. The van der Waals surface area contributed by atoms with Crippen molar-refractivity contribution < 1.29 is 22.3 Å². The zero-order valence-electron chi connectivity index (χ0n) is 16.5. The molecule has 9 heteroatoms. The van der Waals surface area contributed by atoms with Gasteiger partial charge in [0, 0.05) is 17.5 Å². The minimum atomic E-state index is -3.68. The first kappa shape index (κ1) is 21.4. The molecule has 1 fully saturated rings. The van der Waals surface area contributed by atoms with Gasteiger partial charge in [-0.25, -0.2) is 17.6 Å². The standard InChI is InChI=1S/C18H28FN3O4S/c1-10-13(20)8-7-12(19)14(10)18(6)9-27(24,25)11(2)15(22-18)21-16(23)26-17(3,4)5/h7-8,10-11,14H,9,20H2,1-6H3,(H,21,22,23)/t10?,11-,14?,18+/m1/s1. The first-order valence-corrected chi connectivity index (χ1v) is 10.5. The van der Waals surface area contributed by atoms with E-state index in [0.29, 0.717) is 5.70 Å². The number of nitrogens with zero attached hydrogens (tertiary/aromatic N) is 1. The Bertz CT molecular complexity index is 826. The Balaban J connectivity index is 2.44. The maximum atomic E-state index is 14.7. The lowest BCUT2D eigenvalue weighted by atomic mass is 9.74. The summed E-state index contributed by atoms with van der Waals surface area (Å²) in [5.41, 5.74) is 4.42. The van der Waals surface area contributed by atoms with Crippen LogP contribution in [0.15, 0.2) is 28.7 Å². The molecule has 0 aromatic carbocycles. The predicted molar refractivity (Wildman–Crippen MR) is 103 cm³/mol. The Labute approximate surface area is 159 Å². The molecule has 1 saturated heterocycles. The minimum absolute atomic E-state index is 0.0499. The predicted octanol–water partition coefficient (Wildman–Crippen LogP) is 2.45. The van der Waals surface area contributed by atoms with Crippen molar-refractivity contribution in [3.63, 3.8) is 0 Å². The second-order valence-corrected chi connectivity index (χ2v) is 10.8. The summed E-state index contributed by atoms with van der Waals surface area (Å²) >= 11 is 0. The maximum Gasteiger partial charge on any atom is 0.435 e. The number of amidine groups is 1. The number of sulfone groups is 1. The highest BCUT2D eigenvalue weighted by molar-refractivity contribution is 7.92. The molecule has 4 atom stereocenters. The summed E-state index contributed by atoms with van der Waals surface area (Å²) in [6.45, 7) is 9.84. The van der Waals surface area contributed by atoms with E-state index in [-0.39, 0.29) is 11.6 Å². The van der Waals surface area contributed by atoms with Gasteiger partial charge in [-0.1, -0.05) is 6.92 Å². The number of ether oxygens (including phenoxy) is 1. The highest BCUT2D eigenvalue weighted by Crippen LogP contribution is 2.40. The van der Waals surface area contributed by atoms with Gasteiger partial charge in [0.1, 0.15) is 22.5 Å². The molecular weight excluding hydrogens is 373 g/mol. The number of rotatable bonds is 1. The molecular formula is C18H28FN3O4S. The third-order valence-electron chi connectivity index (χ3n) is 4.89. The summed E-state index contributed by atoms with van der Waals surface area (Å²) in [6, 6.07) is 0. The van der Waals surface area contributed by atoms with Gasteiger partial charge < -0.3 is 15.8 Å². The third-order valence-corrected chi connectivity index (χ3v) is 7.19. The maximum absolute atomic E-state index is 14.7. The Morgan fingerprint density at radius 2 is 1.96 bits per heavy atom. The van der Waals surface area contributed by atoms with Gasteiger partial charge in [-0.15, -0.1) is 0 Å². The molecule has 152 valence electrons. The lowest BCUT2D eigenvalue weighted by Crippen LogP contribution is -2.65. The van der Waals surface area contributed by atoms with E-state index in [2.05, 4.69) is 10.3 Å². The van der Waals surface area contributed by atoms with Gasteiger partial charge in [0.25, 0.3) is 0 Å². The van der Waals surface area contributed by atoms with Crippen molar-refractivity contribution in [2.24, 2.45) is 22.6 Å². The van der Waals surface area contributed by atoms with Gasteiger partial charge in [0.2, 0.25) is 0 Å². The van der Waals surface area contributed by atoms with Crippen LogP contribution in [0.1, 0.15) is 41.5 Å². The molecule has 3 N–H and O–H groups in total. The van der Waals surface area contributed by atoms with Crippen LogP contribution >= 0.6 is 0 Å². The van der Waals surface area contributed by atoms with Crippen LogP contribution in [0.2, 0.25) is 0 Å². The van der Waals surface area contributed by atoms with Crippen LogP contribution in [-0.2, 0) is 14.6 Å². The van der Waals surface area contributed by atoms with Crippen molar-refractivity contribution in [2.75, 3.05) is 5.75 Å². The van der Waals surface area contributed by atoms with Crippen LogP contribution in [0.4, 0.5) is 9.18 Å². The fourth-order valence-electron chi connectivity index (χ4n) is 3.53. The SMILES string of the molecule is CC1C(N)=CC=C(F)C1[C@]1(C)CS(=O)(=O)[C@H](C)/C(=N/C(=O)OC(C)(C)C)N1. The van der Waals surface area contributed by atoms with Crippen molar-refractivity contribution in [1.82, 2.24) is 5.32 Å². The van der Waals surface area contributed by atoms with Crippen molar-refractivity contribution in [3.8, 4) is 0 Å². The van der Waals surface area contributed by atoms with E-state index in [1.54, 1.807) is 34.6 Å². The molecule has 7 nitrogen and oxygen atoms in total. The Morgan fingerprint density at radius 1 is 1.37 bits per heavy atom. The van der Waals surface area contributed by atoms with Crippen molar-refractivity contribution >= 4 is 21.8 Å². The lowest BCUT2D eigenvalue weighted by Gasteiger charge is -2.46. The van der Waals surface area contributed by atoms with Gasteiger partial charge in [0.05, 0.1) is 11.3 Å². The fraction of sp³-hybridized carbons (Fsp3) is 0.667. The van der Waals surface area contributed by atoms with Gasteiger partial charge in [-0.3, -0.25) is 0 Å². The topological polar surface area (TPSA) is 111 Å².